The Kier molecular flexibility index (Phi) is 4.18. The van der Waals surface area contributed by atoms with Crippen LogP contribution in [0.15, 0.2) is 0 Å². The number of primary amides is 1. The fourth-order valence-electron chi connectivity index (χ4n) is 1.86. The number of hydrogen-bond acceptors (Lipinski definition) is 5. The minimum atomic E-state index is -0.918. The van der Waals surface area contributed by atoms with E-state index in [0.29, 0.717) is 25.9 Å². The Hall–Kier alpha value is -1.34. The summed E-state index contributed by atoms with van der Waals surface area (Å²) in [6, 6.07) is 0. The zero-order valence-electron chi connectivity index (χ0n) is 11.2. The first-order chi connectivity index (χ1) is 8.20. The van der Waals surface area contributed by atoms with Crippen LogP contribution in [0.2, 0.25) is 0 Å². The normalized spacial score (nSPS) is 19.4. The predicted octanol–water partition coefficient (Wildman–Crippen LogP) is -0.295. The van der Waals surface area contributed by atoms with E-state index in [1.54, 1.807) is 4.90 Å². The number of carbonyl (C=O) groups excluding carboxylic acids is 2. The van der Waals surface area contributed by atoms with Crippen molar-refractivity contribution in [1.29, 1.82) is 0 Å². The van der Waals surface area contributed by atoms with Crippen LogP contribution in [-0.2, 0) is 9.53 Å². The number of ether oxygens (including phenoxy) is 1. The van der Waals surface area contributed by atoms with E-state index in [9.17, 15) is 9.59 Å². The molecular weight excluding hydrogens is 236 g/mol. The summed E-state index contributed by atoms with van der Waals surface area (Å²) in [7, 11) is 0. The maximum Gasteiger partial charge on any atom is 0.410 e. The van der Waals surface area contributed by atoms with Crippen molar-refractivity contribution in [3.63, 3.8) is 0 Å². The third-order valence-corrected chi connectivity index (χ3v) is 3.02. The lowest BCUT2D eigenvalue weighted by Gasteiger charge is -2.39. The lowest BCUT2D eigenvalue weighted by molar-refractivity contribution is -0.126. The highest BCUT2D eigenvalue weighted by Crippen LogP contribution is 2.22. The lowest BCUT2D eigenvalue weighted by atomic mass is 9.87. The zero-order valence-corrected chi connectivity index (χ0v) is 11.2. The molecule has 0 unspecified atom stereocenters. The van der Waals surface area contributed by atoms with Crippen LogP contribution in [0.25, 0.3) is 0 Å². The molecule has 1 rings (SSSR count). The summed E-state index contributed by atoms with van der Waals surface area (Å²) in [5, 5.41) is 0. The molecule has 0 aromatic rings. The van der Waals surface area contributed by atoms with Crippen molar-refractivity contribution in [2.24, 2.45) is 11.6 Å². The zero-order chi connectivity index (χ0) is 14.0. The molecule has 5 N–H and O–H groups in total. The number of nitrogens with two attached hydrogens (primary N) is 2. The van der Waals surface area contributed by atoms with Crippen molar-refractivity contribution in [2.45, 2.75) is 44.8 Å². The number of nitrogens with one attached hydrogen (secondary N) is 1. The van der Waals surface area contributed by atoms with Gasteiger partial charge in [0.25, 0.3) is 0 Å². The Morgan fingerprint density at radius 1 is 1.28 bits per heavy atom. The van der Waals surface area contributed by atoms with E-state index in [0.717, 1.165) is 0 Å². The van der Waals surface area contributed by atoms with Crippen molar-refractivity contribution in [3.05, 3.63) is 0 Å². The molecule has 1 aliphatic rings. The summed E-state index contributed by atoms with van der Waals surface area (Å²) in [6.45, 7) is 6.21. The van der Waals surface area contributed by atoms with Gasteiger partial charge < -0.3 is 15.4 Å². The Balaban J connectivity index is 2.58. The molecule has 1 heterocycles. The second-order valence-electron chi connectivity index (χ2n) is 5.56. The second-order valence-corrected chi connectivity index (χ2v) is 5.56. The number of hydrazine groups is 1. The van der Waals surface area contributed by atoms with Crippen LogP contribution in [0.1, 0.15) is 33.6 Å². The molecule has 7 nitrogen and oxygen atoms in total. The minimum Gasteiger partial charge on any atom is -0.444 e. The second kappa shape index (κ2) is 5.11. The molecule has 0 aromatic heterocycles. The van der Waals surface area contributed by atoms with E-state index in [1.165, 1.54) is 0 Å². The number of piperidine rings is 1. The molecule has 1 fully saturated rings. The molecule has 0 saturated carbocycles. The van der Waals surface area contributed by atoms with E-state index >= 15 is 0 Å². The van der Waals surface area contributed by atoms with Gasteiger partial charge in [-0.05, 0) is 33.6 Å². The molecule has 7 heteroatoms. The molecule has 0 aliphatic carbocycles. The van der Waals surface area contributed by atoms with Gasteiger partial charge in [0.15, 0.2) is 0 Å². The molecule has 0 radical (unpaired) electrons. The number of hydrogen-bond donors (Lipinski definition) is 3. The highest BCUT2D eigenvalue weighted by Gasteiger charge is 2.40. The molecule has 0 aromatic carbocycles. The van der Waals surface area contributed by atoms with E-state index in [-0.39, 0.29) is 6.09 Å². The molecule has 2 amide bonds. The minimum absolute atomic E-state index is 0.377. The Morgan fingerprint density at radius 3 is 2.11 bits per heavy atom. The van der Waals surface area contributed by atoms with Gasteiger partial charge in [-0.1, -0.05) is 0 Å². The van der Waals surface area contributed by atoms with Gasteiger partial charge in [-0.2, -0.15) is 0 Å². The average molecular weight is 258 g/mol. The van der Waals surface area contributed by atoms with Crippen LogP contribution >= 0.6 is 0 Å². The van der Waals surface area contributed by atoms with Crippen LogP contribution in [0, 0.1) is 0 Å². The fourth-order valence-corrected chi connectivity index (χ4v) is 1.86. The molecule has 1 aliphatic heterocycles. The molecule has 0 bridgehead atoms. The van der Waals surface area contributed by atoms with Crippen molar-refractivity contribution in [3.8, 4) is 0 Å². The fraction of sp³-hybridized carbons (Fsp3) is 0.818. The number of likely N-dealkylation sites (tertiary alicyclic amines) is 1. The molecule has 1 saturated heterocycles. The summed E-state index contributed by atoms with van der Waals surface area (Å²) in [5.41, 5.74) is 6.35. The summed E-state index contributed by atoms with van der Waals surface area (Å²) in [6.07, 6.45) is 0.397. The molecule has 18 heavy (non-hydrogen) atoms. The highest BCUT2D eigenvalue weighted by molar-refractivity contribution is 5.85. The summed E-state index contributed by atoms with van der Waals surface area (Å²) >= 11 is 0. The van der Waals surface area contributed by atoms with E-state index in [4.69, 9.17) is 16.3 Å². The molecule has 0 atom stereocenters. The molecule has 104 valence electrons. The third-order valence-electron chi connectivity index (χ3n) is 3.02. The van der Waals surface area contributed by atoms with Crippen LogP contribution in [0.5, 0.6) is 0 Å². The van der Waals surface area contributed by atoms with Crippen LogP contribution in [-0.4, -0.2) is 41.1 Å². The van der Waals surface area contributed by atoms with Gasteiger partial charge in [0.2, 0.25) is 5.91 Å². The first kappa shape index (κ1) is 14.7. The van der Waals surface area contributed by atoms with Crippen molar-refractivity contribution in [1.82, 2.24) is 10.3 Å². The smallest absolute Gasteiger partial charge is 0.410 e. The van der Waals surface area contributed by atoms with Gasteiger partial charge in [0.05, 0.1) is 0 Å². The number of carbonyl (C=O) groups is 2. The molecule has 0 spiro atoms. The number of nitrogens with zero attached hydrogens (tertiary/aromatic N) is 1. The summed E-state index contributed by atoms with van der Waals surface area (Å²) in [4.78, 5) is 24.7. The Bertz CT molecular complexity index is 330. The van der Waals surface area contributed by atoms with Gasteiger partial charge >= 0.3 is 6.09 Å². The largest absolute Gasteiger partial charge is 0.444 e. The quantitative estimate of drug-likeness (QED) is 0.465. The van der Waals surface area contributed by atoms with Gasteiger partial charge in [-0.15, -0.1) is 0 Å². The van der Waals surface area contributed by atoms with E-state index in [1.807, 2.05) is 20.8 Å². The Labute approximate surface area is 107 Å². The van der Waals surface area contributed by atoms with Crippen LogP contribution < -0.4 is 17.0 Å². The lowest BCUT2D eigenvalue weighted by Crippen LogP contribution is -2.63. The SMILES string of the molecule is CC(C)(C)OC(=O)N1CCC(NN)(C(N)=O)CC1. The first-order valence-electron chi connectivity index (χ1n) is 5.96. The maximum absolute atomic E-state index is 11.8. The predicted molar refractivity (Wildman–Crippen MR) is 66.3 cm³/mol. The van der Waals surface area contributed by atoms with Crippen molar-refractivity contribution < 1.29 is 14.3 Å². The number of amides is 2. The van der Waals surface area contributed by atoms with Gasteiger partial charge in [0, 0.05) is 13.1 Å². The van der Waals surface area contributed by atoms with Gasteiger partial charge in [-0.3, -0.25) is 10.6 Å². The first-order valence-corrected chi connectivity index (χ1v) is 5.96. The molecular formula is C11H22N4O3. The van der Waals surface area contributed by atoms with E-state index < -0.39 is 17.0 Å². The summed E-state index contributed by atoms with van der Waals surface area (Å²) < 4.78 is 5.26. The maximum atomic E-state index is 11.8. The highest BCUT2D eigenvalue weighted by atomic mass is 16.6. The standard InChI is InChI=1S/C11H22N4O3/c1-10(2,3)18-9(17)15-6-4-11(14-13,5-7-15)8(12)16/h14H,4-7,13H2,1-3H3,(H2,12,16). The third kappa shape index (κ3) is 3.33. The Morgan fingerprint density at radius 2 is 1.78 bits per heavy atom. The topological polar surface area (TPSA) is 111 Å². The van der Waals surface area contributed by atoms with Crippen LogP contribution in [0.3, 0.4) is 0 Å². The average Bonchev–Trinajstić information content (AvgIpc) is 2.26. The van der Waals surface area contributed by atoms with Gasteiger partial charge in [-0.25, -0.2) is 10.2 Å². The van der Waals surface area contributed by atoms with Crippen molar-refractivity contribution in [2.75, 3.05) is 13.1 Å². The van der Waals surface area contributed by atoms with E-state index in [2.05, 4.69) is 5.43 Å². The van der Waals surface area contributed by atoms with Crippen molar-refractivity contribution >= 4 is 12.0 Å². The number of rotatable bonds is 2. The van der Waals surface area contributed by atoms with Crippen LogP contribution in [0.4, 0.5) is 4.79 Å². The van der Waals surface area contributed by atoms with Gasteiger partial charge in [0.1, 0.15) is 11.1 Å². The summed E-state index contributed by atoms with van der Waals surface area (Å²) in [5.74, 6) is 4.89. The monoisotopic (exact) mass is 258 g/mol.